The molecule has 1 amide bonds. The topological polar surface area (TPSA) is 29.1 Å². The van der Waals surface area contributed by atoms with E-state index in [0.29, 0.717) is 0 Å². The molecular weight excluding hydrogens is 198 g/mol. The van der Waals surface area contributed by atoms with Gasteiger partial charge in [-0.05, 0) is 42.9 Å². The van der Waals surface area contributed by atoms with Gasteiger partial charge in [0, 0.05) is 11.6 Å². The van der Waals surface area contributed by atoms with E-state index in [9.17, 15) is 4.79 Å². The zero-order chi connectivity index (χ0) is 11.5. The zero-order valence-electron chi connectivity index (χ0n) is 10.0. The van der Waals surface area contributed by atoms with Crippen molar-refractivity contribution in [2.75, 3.05) is 5.32 Å². The summed E-state index contributed by atoms with van der Waals surface area (Å²) in [5, 5.41) is 3.04. The molecule has 2 heteroatoms. The SMILES string of the molecule is CCc1ccc(NC(=O)C2CC2)c(CC)c1. The Balaban J connectivity index is 2.15. The van der Waals surface area contributed by atoms with Crippen LogP contribution < -0.4 is 5.32 Å². The number of hydrogen-bond acceptors (Lipinski definition) is 1. The van der Waals surface area contributed by atoms with Crippen LogP contribution in [-0.2, 0) is 17.6 Å². The van der Waals surface area contributed by atoms with E-state index in [-0.39, 0.29) is 11.8 Å². The van der Waals surface area contributed by atoms with Crippen molar-refractivity contribution < 1.29 is 4.79 Å². The summed E-state index contributed by atoms with van der Waals surface area (Å²) in [4.78, 5) is 11.7. The Morgan fingerprint density at radius 2 is 2.06 bits per heavy atom. The van der Waals surface area contributed by atoms with Gasteiger partial charge in [-0.1, -0.05) is 26.0 Å². The van der Waals surface area contributed by atoms with Crippen LogP contribution in [0.5, 0.6) is 0 Å². The van der Waals surface area contributed by atoms with Gasteiger partial charge in [0.2, 0.25) is 5.91 Å². The van der Waals surface area contributed by atoms with E-state index < -0.39 is 0 Å². The predicted octanol–water partition coefficient (Wildman–Crippen LogP) is 3.16. The van der Waals surface area contributed by atoms with Crippen LogP contribution in [0.4, 0.5) is 5.69 Å². The first-order valence-electron chi connectivity index (χ1n) is 6.17. The molecule has 0 heterocycles. The molecule has 0 aliphatic heterocycles. The fourth-order valence-electron chi connectivity index (χ4n) is 1.86. The summed E-state index contributed by atoms with van der Waals surface area (Å²) < 4.78 is 0. The summed E-state index contributed by atoms with van der Waals surface area (Å²) in [6, 6.07) is 6.34. The first kappa shape index (κ1) is 11.2. The van der Waals surface area contributed by atoms with E-state index in [1.54, 1.807) is 0 Å². The highest BCUT2D eigenvalue weighted by Gasteiger charge is 2.29. The molecule has 0 radical (unpaired) electrons. The molecule has 86 valence electrons. The second-order valence-corrected chi connectivity index (χ2v) is 4.46. The third-order valence-corrected chi connectivity index (χ3v) is 3.16. The van der Waals surface area contributed by atoms with Gasteiger partial charge >= 0.3 is 0 Å². The monoisotopic (exact) mass is 217 g/mol. The van der Waals surface area contributed by atoms with E-state index in [1.807, 2.05) is 6.07 Å². The number of aryl methyl sites for hydroxylation is 2. The van der Waals surface area contributed by atoms with Gasteiger partial charge in [-0.3, -0.25) is 4.79 Å². The van der Waals surface area contributed by atoms with Crippen LogP contribution in [0, 0.1) is 5.92 Å². The average molecular weight is 217 g/mol. The quantitative estimate of drug-likeness (QED) is 0.824. The van der Waals surface area contributed by atoms with E-state index in [4.69, 9.17) is 0 Å². The highest BCUT2D eigenvalue weighted by atomic mass is 16.2. The Hall–Kier alpha value is -1.31. The Morgan fingerprint density at radius 3 is 2.62 bits per heavy atom. The molecule has 1 saturated carbocycles. The van der Waals surface area contributed by atoms with Gasteiger partial charge in [0.05, 0.1) is 0 Å². The summed E-state index contributed by atoms with van der Waals surface area (Å²) >= 11 is 0. The number of rotatable bonds is 4. The first-order valence-corrected chi connectivity index (χ1v) is 6.17. The van der Waals surface area contributed by atoms with Crippen LogP contribution in [0.2, 0.25) is 0 Å². The number of nitrogens with one attached hydrogen (secondary N) is 1. The van der Waals surface area contributed by atoms with E-state index in [1.165, 1.54) is 11.1 Å². The Labute approximate surface area is 97.1 Å². The van der Waals surface area contributed by atoms with Crippen LogP contribution in [0.15, 0.2) is 18.2 Å². The largest absolute Gasteiger partial charge is 0.326 e. The molecule has 1 aliphatic rings. The number of anilines is 1. The van der Waals surface area contributed by atoms with Gasteiger partial charge < -0.3 is 5.32 Å². The van der Waals surface area contributed by atoms with Crippen molar-refractivity contribution in [3.8, 4) is 0 Å². The average Bonchev–Trinajstić information content (AvgIpc) is 3.13. The number of amides is 1. The van der Waals surface area contributed by atoms with Crippen LogP contribution >= 0.6 is 0 Å². The molecule has 1 aromatic carbocycles. The van der Waals surface area contributed by atoms with Gasteiger partial charge in [-0.25, -0.2) is 0 Å². The molecule has 16 heavy (non-hydrogen) atoms. The molecule has 2 rings (SSSR count). The normalized spacial score (nSPS) is 14.9. The Kier molecular flexibility index (Phi) is 3.28. The minimum atomic E-state index is 0.193. The fourth-order valence-corrected chi connectivity index (χ4v) is 1.86. The second kappa shape index (κ2) is 4.69. The van der Waals surface area contributed by atoms with E-state index in [0.717, 1.165) is 31.4 Å². The van der Waals surface area contributed by atoms with E-state index in [2.05, 4.69) is 31.3 Å². The smallest absolute Gasteiger partial charge is 0.227 e. The molecule has 0 unspecified atom stereocenters. The second-order valence-electron chi connectivity index (χ2n) is 4.46. The maximum Gasteiger partial charge on any atom is 0.227 e. The molecule has 1 fully saturated rings. The summed E-state index contributed by atoms with van der Waals surface area (Å²) in [6.07, 6.45) is 4.12. The molecule has 1 aromatic rings. The van der Waals surface area contributed by atoms with Crippen LogP contribution in [0.3, 0.4) is 0 Å². The summed E-state index contributed by atoms with van der Waals surface area (Å²) in [5.74, 6) is 0.467. The number of hydrogen-bond donors (Lipinski definition) is 1. The standard InChI is InChI=1S/C14H19NO/c1-3-10-5-8-13(11(4-2)9-10)15-14(16)12-6-7-12/h5,8-9,12H,3-4,6-7H2,1-2H3,(H,15,16). The molecule has 1 N–H and O–H groups in total. The van der Waals surface area contributed by atoms with E-state index >= 15 is 0 Å². The Morgan fingerprint density at radius 1 is 1.31 bits per heavy atom. The molecule has 1 aliphatic carbocycles. The zero-order valence-corrected chi connectivity index (χ0v) is 10.0. The van der Waals surface area contributed by atoms with Crippen molar-refractivity contribution in [1.82, 2.24) is 0 Å². The number of carbonyl (C=O) groups is 1. The van der Waals surface area contributed by atoms with Gasteiger partial charge in [-0.2, -0.15) is 0 Å². The van der Waals surface area contributed by atoms with Crippen molar-refractivity contribution in [2.24, 2.45) is 5.92 Å². The molecule has 2 nitrogen and oxygen atoms in total. The van der Waals surface area contributed by atoms with Gasteiger partial charge in [0.15, 0.2) is 0 Å². The molecule has 0 spiro atoms. The number of benzene rings is 1. The summed E-state index contributed by atoms with van der Waals surface area (Å²) in [6.45, 7) is 4.28. The molecule has 0 saturated heterocycles. The molecule has 0 aromatic heterocycles. The Bertz CT molecular complexity index is 394. The molecular formula is C14H19NO. The maximum atomic E-state index is 11.7. The van der Waals surface area contributed by atoms with Crippen LogP contribution in [-0.4, -0.2) is 5.91 Å². The van der Waals surface area contributed by atoms with Gasteiger partial charge in [-0.15, -0.1) is 0 Å². The van der Waals surface area contributed by atoms with Crippen molar-refractivity contribution in [3.05, 3.63) is 29.3 Å². The van der Waals surface area contributed by atoms with Crippen molar-refractivity contribution in [1.29, 1.82) is 0 Å². The predicted molar refractivity (Wildman–Crippen MR) is 66.6 cm³/mol. The van der Waals surface area contributed by atoms with Crippen LogP contribution in [0.25, 0.3) is 0 Å². The van der Waals surface area contributed by atoms with Gasteiger partial charge in [0.1, 0.15) is 0 Å². The van der Waals surface area contributed by atoms with Crippen molar-refractivity contribution >= 4 is 11.6 Å². The maximum absolute atomic E-state index is 11.7. The highest BCUT2D eigenvalue weighted by Crippen LogP contribution is 2.31. The van der Waals surface area contributed by atoms with Gasteiger partial charge in [0.25, 0.3) is 0 Å². The number of carbonyl (C=O) groups excluding carboxylic acids is 1. The minimum absolute atomic E-state index is 0.193. The van der Waals surface area contributed by atoms with Crippen LogP contribution in [0.1, 0.15) is 37.8 Å². The first-order chi connectivity index (χ1) is 7.74. The minimum Gasteiger partial charge on any atom is -0.326 e. The highest BCUT2D eigenvalue weighted by molar-refractivity contribution is 5.94. The lowest BCUT2D eigenvalue weighted by Crippen LogP contribution is -2.14. The molecule has 0 bridgehead atoms. The third-order valence-electron chi connectivity index (χ3n) is 3.16. The molecule has 0 atom stereocenters. The van der Waals surface area contributed by atoms with Crippen molar-refractivity contribution in [3.63, 3.8) is 0 Å². The lowest BCUT2D eigenvalue weighted by molar-refractivity contribution is -0.117. The lowest BCUT2D eigenvalue weighted by Gasteiger charge is -2.11. The van der Waals surface area contributed by atoms with Crippen molar-refractivity contribution in [2.45, 2.75) is 39.5 Å². The lowest BCUT2D eigenvalue weighted by atomic mass is 10.0. The summed E-state index contributed by atoms with van der Waals surface area (Å²) in [7, 11) is 0. The summed E-state index contributed by atoms with van der Waals surface area (Å²) in [5.41, 5.74) is 3.58. The fraction of sp³-hybridized carbons (Fsp3) is 0.500. The third kappa shape index (κ3) is 2.43.